The van der Waals surface area contributed by atoms with Gasteiger partial charge in [-0.2, -0.15) is 14.6 Å². The lowest BCUT2D eigenvalue weighted by Gasteiger charge is -2.28. The lowest BCUT2D eigenvalue weighted by atomic mass is 9.87. The topological polar surface area (TPSA) is 132 Å². The van der Waals surface area contributed by atoms with Crippen LogP contribution in [0, 0.1) is 17.7 Å². The predicted octanol–water partition coefficient (Wildman–Crippen LogP) is 4.08. The van der Waals surface area contributed by atoms with E-state index in [0.29, 0.717) is 55.9 Å². The van der Waals surface area contributed by atoms with Crippen LogP contribution in [0.2, 0.25) is 0 Å². The Balaban J connectivity index is 1.14. The van der Waals surface area contributed by atoms with Gasteiger partial charge >= 0.3 is 0 Å². The Bertz CT molecular complexity index is 1610. The number of aliphatic hydroxyl groups is 1. The highest BCUT2D eigenvalue weighted by atomic mass is 32.1. The molecule has 46 heavy (non-hydrogen) atoms. The molecule has 4 aromatic heterocycles. The summed E-state index contributed by atoms with van der Waals surface area (Å²) in [4.78, 5) is 23.8. The van der Waals surface area contributed by atoms with E-state index in [2.05, 4.69) is 30.4 Å². The Kier molecular flexibility index (Phi) is 10.4. The maximum absolute atomic E-state index is 14.8. The van der Waals surface area contributed by atoms with Crippen LogP contribution < -0.4 is 5.32 Å². The summed E-state index contributed by atoms with van der Waals surface area (Å²) in [5, 5.41) is 24.4. The molecule has 0 aromatic carbocycles. The van der Waals surface area contributed by atoms with Gasteiger partial charge < -0.3 is 19.9 Å². The van der Waals surface area contributed by atoms with Gasteiger partial charge in [-0.3, -0.25) is 19.1 Å². The Morgan fingerprint density at radius 2 is 1.91 bits per heavy atom. The number of aliphatic hydroxyl groups excluding tert-OH is 1. The monoisotopic (exact) mass is 656 g/mol. The molecular weight excluding hydrogens is 618 g/mol. The molecule has 0 radical (unpaired) electrons. The number of nitrogens with zero attached hydrogens (tertiary/aromatic N) is 7. The fraction of sp³-hybridized carbons (Fsp3) is 0.516. The fourth-order valence-electron chi connectivity index (χ4n) is 5.97. The number of halogens is 2. The fourth-order valence-corrected chi connectivity index (χ4v) is 6.75. The Morgan fingerprint density at radius 1 is 1.11 bits per heavy atom. The quantitative estimate of drug-likeness (QED) is 0.217. The van der Waals surface area contributed by atoms with Crippen molar-refractivity contribution >= 4 is 22.9 Å². The van der Waals surface area contributed by atoms with Crippen molar-refractivity contribution in [3.63, 3.8) is 0 Å². The van der Waals surface area contributed by atoms with E-state index >= 15 is 0 Å². The number of pyridine rings is 1. The van der Waals surface area contributed by atoms with E-state index < -0.39 is 23.8 Å². The molecule has 12 nitrogen and oxygen atoms in total. The van der Waals surface area contributed by atoms with Crippen LogP contribution in [0.3, 0.4) is 0 Å². The summed E-state index contributed by atoms with van der Waals surface area (Å²) in [5.41, 5.74) is 0.834. The lowest BCUT2D eigenvalue weighted by Crippen LogP contribution is -2.42. The number of nitrogens with one attached hydrogen (secondary N) is 1. The van der Waals surface area contributed by atoms with Crippen molar-refractivity contribution in [3.8, 4) is 22.0 Å². The molecule has 2 fully saturated rings. The van der Waals surface area contributed by atoms with Crippen LogP contribution in [0.1, 0.15) is 43.1 Å². The van der Waals surface area contributed by atoms with Crippen LogP contribution in [-0.2, 0) is 22.6 Å². The van der Waals surface area contributed by atoms with E-state index in [-0.39, 0.29) is 28.9 Å². The van der Waals surface area contributed by atoms with Gasteiger partial charge in [-0.15, -0.1) is 11.3 Å². The number of aromatic nitrogens is 6. The minimum Gasteiger partial charge on any atom is -0.390 e. The van der Waals surface area contributed by atoms with Crippen LogP contribution in [0.15, 0.2) is 36.1 Å². The average Bonchev–Trinajstić information content (AvgIpc) is 3.81. The summed E-state index contributed by atoms with van der Waals surface area (Å²) in [6.45, 7) is 7.00. The third-order valence-electron chi connectivity index (χ3n) is 8.28. The SMILES string of the molecule is CCOC1CCC(Cn2cc(NC(=O)c3csc(-c4cnn(CC(O)CN5CCOCC5)c4)n3)c(-c3nc(F)ccc3F)n2)CC1. The summed E-state index contributed by atoms with van der Waals surface area (Å²) < 4.78 is 43.3. The van der Waals surface area contributed by atoms with Crippen molar-refractivity contribution in [3.05, 3.63) is 53.6 Å². The highest BCUT2D eigenvalue weighted by Gasteiger charge is 2.25. The van der Waals surface area contributed by atoms with E-state index in [0.717, 1.165) is 50.9 Å². The molecule has 246 valence electrons. The molecule has 4 aromatic rings. The molecule has 1 saturated heterocycles. The zero-order chi connectivity index (χ0) is 32.0. The number of rotatable bonds is 12. The Hall–Kier alpha value is -3.63. The largest absolute Gasteiger partial charge is 0.390 e. The molecule has 6 rings (SSSR count). The minimum absolute atomic E-state index is 0.0423. The van der Waals surface area contributed by atoms with Crippen LogP contribution >= 0.6 is 11.3 Å². The first kappa shape index (κ1) is 32.3. The summed E-state index contributed by atoms with van der Waals surface area (Å²) in [5.74, 6) is -1.79. The van der Waals surface area contributed by atoms with Gasteiger partial charge in [-0.05, 0) is 50.7 Å². The predicted molar refractivity (Wildman–Crippen MR) is 167 cm³/mol. The van der Waals surface area contributed by atoms with E-state index in [1.807, 2.05) is 6.92 Å². The number of amides is 1. The standard InChI is InChI=1S/C31H38F2N8O4S/c1-2-45-23-5-3-20(4-6-23)14-41-18-25(29(38-41)28-24(32)7-8-27(33)37-28)35-30(43)26-19-46-31(36-26)21-13-34-40(15-21)17-22(42)16-39-9-11-44-12-10-39/h7-8,13,15,18-20,22-23,42H,2-6,9-12,14,16-17H2,1H3,(H,35,43). The highest BCUT2D eigenvalue weighted by molar-refractivity contribution is 7.13. The molecule has 1 unspecified atom stereocenters. The second-order valence-corrected chi connectivity index (χ2v) is 12.5. The molecule has 1 saturated carbocycles. The number of morpholine rings is 1. The molecule has 2 N–H and O–H groups in total. The smallest absolute Gasteiger partial charge is 0.275 e. The first-order valence-corrected chi connectivity index (χ1v) is 16.5. The number of hydrogen-bond acceptors (Lipinski definition) is 10. The molecule has 15 heteroatoms. The number of ether oxygens (including phenoxy) is 2. The molecule has 1 atom stereocenters. The summed E-state index contributed by atoms with van der Waals surface area (Å²) in [7, 11) is 0. The maximum atomic E-state index is 14.8. The number of β-amino-alcohol motifs (C(OH)–C–C–N with tert-alkyl or cyclic N) is 1. The first-order chi connectivity index (χ1) is 22.3. The van der Waals surface area contributed by atoms with Gasteiger partial charge in [0.25, 0.3) is 5.91 Å². The van der Waals surface area contributed by atoms with E-state index in [4.69, 9.17) is 9.47 Å². The van der Waals surface area contributed by atoms with Crippen LogP contribution in [0.4, 0.5) is 14.5 Å². The number of hydrogen-bond donors (Lipinski definition) is 2. The molecule has 0 bridgehead atoms. The van der Waals surface area contributed by atoms with Gasteiger partial charge in [0.05, 0.1) is 43.9 Å². The molecule has 2 aliphatic rings. The lowest BCUT2D eigenvalue weighted by molar-refractivity contribution is 0.0108. The second-order valence-electron chi connectivity index (χ2n) is 11.7. The van der Waals surface area contributed by atoms with Gasteiger partial charge in [0.15, 0.2) is 5.82 Å². The van der Waals surface area contributed by atoms with E-state index in [1.165, 1.54) is 11.3 Å². The van der Waals surface area contributed by atoms with Gasteiger partial charge in [0, 0.05) is 56.1 Å². The molecule has 1 amide bonds. The van der Waals surface area contributed by atoms with Crippen molar-refractivity contribution in [2.45, 2.75) is 57.9 Å². The summed E-state index contributed by atoms with van der Waals surface area (Å²) in [6, 6.07) is 1.93. The molecular formula is C31H38F2N8O4S. The van der Waals surface area contributed by atoms with E-state index in [1.54, 1.807) is 33.3 Å². The van der Waals surface area contributed by atoms with Crippen molar-refractivity contribution < 1.29 is 28.2 Å². The third-order valence-corrected chi connectivity index (χ3v) is 9.17. The average molecular weight is 657 g/mol. The van der Waals surface area contributed by atoms with Gasteiger partial charge in [0.1, 0.15) is 22.1 Å². The van der Waals surface area contributed by atoms with Gasteiger partial charge in [0.2, 0.25) is 5.95 Å². The molecule has 1 aliphatic heterocycles. The maximum Gasteiger partial charge on any atom is 0.275 e. The number of anilines is 1. The van der Waals surface area contributed by atoms with Crippen molar-refractivity contribution in [2.75, 3.05) is 44.8 Å². The normalized spacial score (nSPS) is 19.7. The van der Waals surface area contributed by atoms with Crippen LogP contribution in [0.25, 0.3) is 22.0 Å². The van der Waals surface area contributed by atoms with Crippen molar-refractivity contribution in [1.29, 1.82) is 0 Å². The summed E-state index contributed by atoms with van der Waals surface area (Å²) in [6.07, 6.45) is 8.55. The van der Waals surface area contributed by atoms with Crippen LogP contribution in [0.5, 0.6) is 0 Å². The second kappa shape index (κ2) is 14.9. The van der Waals surface area contributed by atoms with E-state index in [9.17, 15) is 18.7 Å². The highest BCUT2D eigenvalue weighted by Crippen LogP contribution is 2.32. The Labute approximate surface area is 269 Å². The van der Waals surface area contributed by atoms with Gasteiger partial charge in [-0.1, -0.05) is 0 Å². The van der Waals surface area contributed by atoms with Crippen molar-refractivity contribution in [2.24, 2.45) is 5.92 Å². The first-order valence-electron chi connectivity index (χ1n) is 15.6. The molecule has 1 aliphatic carbocycles. The van der Waals surface area contributed by atoms with Gasteiger partial charge in [-0.25, -0.2) is 14.4 Å². The third kappa shape index (κ3) is 8.01. The zero-order valence-electron chi connectivity index (χ0n) is 25.6. The number of carbonyl (C=O) groups is 1. The minimum atomic E-state index is -0.851. The number of thiazole rings is 1. The molecule has 0 spiro atoms. The van der Waals surface area contributed by atoms with Crippen molar-refractivity contribution in [1.82, 2.24) is 34.4 Å². The van der Waals surface area contributed by atoms with Crippen LogP contribution in [-0.4, -0.2) is 97.1 Å². The number of carbonyl (C=O) groups excluding carboxylic acids is 1. The Morgan fingerprint density at radius 3 is 2.70 bits per heavy atom. The zero-order valence-corrected chi connectivity index (χ0v) is 26.5. The molecule has 5 heterocycles. The summed E-state index contributed by atoms with van der Waals surface area (Å²) >= 11 is 1.28.